The zero-order chi connectivity index (χ0) is 13.0. The third-order valence-corrected chi connectivity index (χ3v) is 2.99. The van der Waals surface area contributed by atoms with Crippen LogP contribution in [0.15, 0.2) is 18.2 Å². The van der Waals surface area contributed by atoms with Gasteiger partial charge in [0, 0.05) is 23.8 Å². The predicted octanol–water partition coefficient (Wildman–Crippen LogP) is 1.84. The molecule has 0 aliphatic rings. The molecule has 0 heterocycles. The van der Waals surface area contributed by atoms with Crippen molar-refractivity contribution in [3.8, 4) is 0 Å². The fraction of sp³-hybridized carbons (Fsp3) is 0.462. The summed E-state index contributed by atoms with van der Waals surface area (Å²) in [4.78, 5) is 2.58. The van der Waals surface area contributed by atoms with Crippen LogP contribution in [0, 0.1) is 6.92 Å². The minimum absolute atomic E-state index is 0.147. The molecule has 17 heavy (non-hydrogen) atoms. The number of hydrogen-bond donors (Lipinski definition) is 2. The van der Waals surface area contributed by atoms with Gasteiger partial charge < -0.3 is 15.7 Å². The average molecular weight is 252 g/mol. The molecule has 0 spiro atoms. The van der Waals surface area contributed by atoms with Crippen molar-refractivity contribution in [1.82, 2.24) is 0 Å². The monoisotopic (exact) mass is 252 g/mol. The third kappa shape index (κ3) is 3.41. The Morgan fingerprint density at radius 2 is 2.12 bits per heavy atom. The van der Waals surface area contributed by atoms with Crippen LogP contribution in [-0.2, 0) is 0 Å². The van der Waals surface area contributed by atoms with E-state index in [1.165, 1.54) is 0 Å². The van der Waals surface area contributed by atoms with Crippen LogP contribution in [0.2, 0.25) is 0 Å². The van der Waals surface area contributed by atoms with Crippen molar-refractivity contribution < 1.29 is 5.11 Å². The van der Waals surface area contributed by atoms with Gasteiger partial charge in [0.1, 0.15) is 4.99 Å². The molecule has 4 heteroatoms. The minimum Gasteiger partial charge on any atom is -0.395 e. The molecule has 0 bridgehead atoms. The largest absolute Gasteiger partial charge is 0.395 e. The molecule has 0 aliphatic heterocycles. The van der Waals surface area contributed by atoms with E-state index in [1.54, 1.807) is 0 Å². The fourth-order valence-electron chi connectivity index (χ4n) is 1.90. The van der Waals surface area contributed by atoms with E-state index >= 15 is 0 Å². The molecule has 3 nitrogen and oxygen atoms in total. The van der Waals surface area contributed by atoms with Gasteiger partial charge in [-0.2, -0.15) is 0 Å². The van der Waals surface area contributed by atoms with Gasteiger partial charge in [-0.1, -0.05) is 12.2 Å². The Balaban J connectivity index is 3.08. The summed E-state index contributed by atoms with van der Waals surface area (Å²) in [5, 5.41) is 9.10. The number of nitrogens with two attached hydrogens (primary N) is 1. The Kier molecular flexibility index (Phi) is 4.90. The topological polar surface area (TPSA) is 49.5 Å². The van der Waals surface area contributed by atoms with Crippen LogP contribution in [0.1, 0.15) is 25.0 Å². The first-order valence-corrected chi connectivity index (χ1v) is 6.16. The van der Waals surface area contributed by atoms with E-state index in [0.29, 0.717) is 17.6 Å². The second kappa shape index (κ2) is 5.98. The van der Waals surface area contributed by atoms with E-state index in [1.807, 2.05) is 25.1 Å². The van der Waals surface area contributed by atoms with Crippen molar-refractivity contribution in [2.24, 2.45) is 5.73 Å². The molecule has 1 rings (SSSR count). The molecule has 0 unspecified atom stereocenters. The first-order chi connectivity index (χ1) is 7.97. The highest BCUT2D eigenvalue weighted by molar-refractivity contribution is 7.80. The number of aliphatic hydroxyl groups excluding tert-OH is 1. The van der Waals surface area contributed by atoms with Gasteiger partial charge in [-0.25, -0.2) is 0 Å². The first kappa shape index (κ1) is 13.9. The summed E-state index contributed by atoms with van der Waals surface area (Å²) < 4.78 is 0. The number of thiocarbonyl (C=S) groups is 1. The molecule has 0 fully saturated rings. The Morgan fingerprint density at radius 1 is 1.47 bits per heavy atom. The number of aliphatic hydroxyl groups is 1. The van der Waals surface area contributed by atoms with Gasteiger partial charge in [0.25, 0.3) is 0 Å². The van der Waals surface area contributed by atoms with Crippen LogP contribution < -0.4 is 10.6 Å². The van der Waals surface area contributed by atoms with Gasteiger partial charge in [0.05, 0.1) is 6.61 Å². The number of nitrogens with zero attached hydrogens (tertiary/aromatic N) is 1. The molecule has 1 aromatic rings. The minimum atomic E-state index is 0.147. The number of hydrogen-bond acceptors (Lipinski definition) is 3. The van der Waals surface area contributed by atoms with Gasteiger partial charge in [-0.3, -0.25) is 0 Å². The van der Waals surface area contributed by atoms with Crippen LogP contribution in [0.25, 0.3) is 0 Å². The maximum Gasteiger partial charge on any atom is 0.103 e. The number of aryl methyl sites for hydroxylation is 1. The molecule has 1 aromatic carbocycles. The number of rotatable bonds is 5. The molecule has 0 aliphatic carbocycles. The summed E-state index contributed by atoms with van der Waals surface area (Å²) in [5.74, 6) is 0. The lowest BCUT2D eigenvalue weighted by Crippen LogP contribution is -2.34. The Bertz CT molecular complexity index is 404. The molecule has 0 amide bonds. The summed E-state index contributed by atoms with van der Waals surface area (Å²) in [7, 11) is 0. The predicted molar refractivity (Wildman–Crippen MR) is 76.6 cm³/mol. The second-order valence-corrected chi connectivity index (χ2v) is 4.82. The molecule has 94 valence electrons. The smallest absolute Gasteiger partial charge is 0.103 e. The van der Waals surface area contributed by atoms with Crippen LogP contribution >= 0.6 is 12.2 Å². The fourth-order valence-corrected chi connectivity index (χ4v) is 2.02. The second-order valence-electron chi connectivity index (χ2n) is 4.38. The lowest BCUT2D eigenvalue weighted by molar-refractivity contribution is 0.299. The summed E-state index contributed by atoms with van der Waals surface area (Å²) in [6, 6.07) is 6.28. The van der Waals surface area contributed by atoms with Crippen LogP contribution in [-0.4, -0.2) is 29.3 Å². The molecule has 0 saturated heterocycles. The average Bonchev–Trinajstić information content (AvgIpc) is 2.26. The van der Waals surface area contributed by atoms with Crippen molar-refractivity contribution >= 4 is 22.9 Å². The van der Waals surface area contributed by atoms with Crippen molar-refractivity contribution in [3.63, 3.8) is 0 Å². The zero-order valence-corrected chi connectivity index (χ0v) is 11.4. The molecule has 3 N–H and O–H groups in total. The summed E-state index contributed by atoms with van der Waals surface area (Å²) >= 11 is 4.96. The summed E-state index contributed by atoms with van der Waals surface area (Å²) in [6.45, 7) is 7.02. The van der Waals surface area contributed by atoms with E-state index in [4.69, 9.17) is 23.1 Å². The SMILES string of the molecule is Cc1cc(C(N)=S)ccc1N(CCO)C(C)C. The zero-order valence-electron chi connectivity index (χ0n) is 10.6. The quantitative estimate of drug-likeness (QED) is 0.785. The maximum absolute atomic E-state index is 9.10. The van der Waals surface area contributed by atoms with E-state index in [2.05, 4.69) is 18.7 Å². The summed E-state index contributed by atoms with van der Waals surface area (Å²) in [6.07, 6.45) is 0. The highest BCUT2D eigenvalue weighted by Crippen LogP contribution is 2.23. The van der Waals surface area contributed by atoms with E-state index in [9.17, 15) is 0 Å². The standard InChI is InChI=1S/C13H20N2OS/c1-9(2)15(6-7-16)12-5-4-11(13(14)17)8-10(12)3/h4-5,8-9,16H,6-7H2,1-3H3,(H2,14,17). The number of anilines is 1. The molecule has 0 radical (unpaired) electrons. The molecule has 0 atom stereocenters. The highest BCUT2D eigenvalue weighted by Gasteiger charge is 2.12. The molecule has 0 aromatic heterocycles. The van der Waals surface area contributed by atoms with Crippen molar-refractivity contribution in [2.75, 3.05) is 18.1 Å². The number of benzene rings is 1. The summed E-state index contributed by atoms with van der Waals surface area (Å²) in [5.41, 5.74) is 8.73. The lowest BCUT2D eigenvalue weighted by Gasteiger charge is -2.30. The van der Waals surface area contributed by atoms with E-state index in [0.717, 1.165) is 16.8 Å². The van der Waals surface area contributed by atoms with Crippen molar-refractivity contribution in [2.45, 2.75) is 26.8 Å². The van der Waals surface area contributed by atoms with Crippen LogP contribution in [0.5, 0.6) is 0 Å². The molecular formula is C13H20N2OS. The van der Waals surface area contributed by atoms with Gasteiger partial charge >= 0.3 is 0 Å². The first-order valence-electron chi connectivity index (χ1n) is 5.75. The Hall–Kier alpha value is -1.13. The van der Waals surface area contributed by atoms with Gasteiger partial charge in [-0.05, 0) is 44.5 Å². The van der Waals surface area contributed by atoms with Gasteiger partial charge in [0.2, 0.25) is 0 Å². The van der Waals surface area contributed by atoms with E-state index < -0.39 is 0 Å². The third-order valence-electron chi connectivity index (χ3n) is 2.75. The normalized spacial score (nSPS) is 10.6. The lowest BCUT2D eigenvalue weighted by atomic mass is 10.1. The van der Waals surface area contributed by atoms with Crippen molar-refractivity contribution in [3.05, 3.63) is 29.3 Å². The maximum atomic E-state index is 9.10. The Labute approximate surface area is 108 Å². The van der Waals surface area contributed by atoms with E-state index in [-0.39, 0.29) is 6.61 Å². The molecule has 0 saturated carbocycles. The Morgan fingerprint density at radius 3 is 2.53 bits per heavy atom. The molecular weight excluding hydrogens is 232 g/mol. The van der Waals surface area contributed by atoms with Crippen LogP contribution in [0.4, 0.5) is 5.69 Å². The van der Waals surface area contributed by atoms with Crippen molar-refractivity contribution in [1.29, 1.82) is 0 Å². The van der Waals surface area contributed by atoms with Gasteiger partial charge in [-0.15, -0.1) is 0 Å². The van der Waals surface area contributed by atoms with Crippen LogP contribution in [0.3, 0.4) is 0 Å². The highest BCUT2D eigenvalue weighted by atomic mass is 32.1. The van der Waals surface area contributed by atoms with Gasteiger partial charge in [0.15, 0.2) is 0 Å².